The second-order valence-electron chi connectivity index (χ2n) is 4.71. The van der Waals surface area contributed by atoms with Gasteiger partial charge in [0.05, 0.1) is 6.04 Å². The van der Waals surface area contributed by atoms with Gasteiger partial charge < -0.3 is 20.6 Å². The number of urea groups is 1. The van der Waals surface area contributed by atoms with E-state index in [0.717, 1.165) is 0 Å². The van der Waals surface area contributed by atoms with Crippen LogP contribution in [0.4, 0.5) is 4.79 Å². The number of nitrogens with one attached hydrogen (secondary N) is 2. The molecular formula is C12H16N4O4S. The zero-order valence-corrected chi connectivity index (χ0v) is 12.4. The topological polar surface area (TPSA) is 112 Å². The number of hydrogen-bond donors (Lipinski definition) is 3. The number of nitrogens with zero attached hydrogens (tertiary/aromatic N) is 2. The molecule has 1 aromatic heterocycles. The van der Waals surface area contributed by atoms with Crippen molar-refractivity contribution >= 4 is 29.2 Å². The Balaban J connectivity index is 2.01. The van der Waals surface area contributed by atoms with Gasteiger partial charge in [-0.15, -0.1) is 11.3 Å². The molecule has 0 spiro atoms. The lowest BCUT2D eigenvalue weighted by Crippen LogP contribution is -2.58. The SMILES string of the molecule is CC(NC(=O)N1CCNC(=O)C1C)c1nc(C(=O)O)cs1. The predicted octanol–water partition coefficient (Wildman–Crippen LogP) is 0.432. The molecule has 2 atom stereocenters. The number of aromatic nitrogens is 1. The summed E-state index contributed by atoms with van der Waals surface area (Å²) in [6, 6.07) is -1.32. The number of rotatable bonds is 3. The molecular weight excluding hydrogens is 296 g/mol. The van der Waals surface area contributed by atoms with Gasteiger partial charge in [0, 0.05) is 18.5 Å². The van der Waals surface area contributed by atoms with E-state index >= 15 is 0 Å². The Morgan fingerprint density at radius 3 is 2.95 bits per heavy atom. The molecule has 8 nitrogen and oxygen atoms in total. The van der Waals surface area contributed by atoms with Crippen molar-refractivity contribution < 1.29 is 19.5 Å². The molecule has 2 rings (SSSR count). The first-order chi connectivity index (χ1) is 9.90. The Hall–Kier alpha value is -2.16. The van der Waals surface area contributed by atoms with Crippen LogP contribution in [-0.2, 0) is 4.79 Å². The van der Waals surface area contributed by atoms with Gasteiger partial charge in [-0.2, -0.15) is 0 Å². The zero-order chi connectivity index (χ0) is 15.6. The van der Waals surface area contributed by atoms with Crippen molar-refractivity contribution in [3.05, 3.63) is 16.1 Å². The molecule has 21 heavy (non-hydrogen) atoms. The summed E-state index contributed by atoms with van der Waals surface area (Å²) in [4.78, 5) is 39.9. The van der Waals surface area contributed by atoms with E-state index < -0.39 is 18.1 Å². The average molecular weight is 312 g/mol. The molecule has 3 N–H and O–H groups in total. The molecule has 114 valence electrons. The number of piperazine rings is 1. The molecule has 1 aliphatic heterocycles. The Morgan fingerprint density at radius 1 is 1.62 bits per heavy atom. The summed E-state index contributed by atoms with van der Waals surface area (Å²) in [5, 5.41) is 16.2. The summed E-state index contributed by atoms with van der Waals surface area (Å²) in [5.74, 6) is -1.29. The number of aromatic carboxylic acids is 1. The molecule has 1 aliphatic rings. The number of amides is 3. The summed E-state index contributed by atoms with van der Waals surface area (Å²) in [7, 11) is 0. The summed E-state index contributed by atoms with van der Waals surface area (Å²) in [5.41, 5.74) is -0.0400. The van der Waals surface area contributed by atoms with Crippen LogP contribution < -0.4 is 10.6 Å². The second-order valence-corrected chi connectivity index (χ2v) is 5.60. The van der Waals surface area contributed by atoms with Crippen molar-refractivity contribution in [1.29, 1.82) is 0 Å². The van der Waals surface area contributed by atoms with E-state index in [0.29, 0.717) is 18.1 Å². The minimum absolute atomic E-state index is 0.0400. The summed E-state index contributed by atoms with van der Waals surface area (Å²) in [6.45, 7) is 4.23. The van der Waals surface area contributed by atoms with Gasteiger partial charge in [0.25, 0.3) is 0 Å². The lowest BCUT2D eigenvalue weighted by molar-refractivity contribution is -0.126. The molecule has 2 unspecified atom stereocenters. The molecule has 0 saturated carbocycles. The standard InChI is InChI=1S/C12H16N4O4S/c1-6(10-15-8(5-21-10)11(18)19)14-12(20)16-4-3-13-9(17)7(16)2/h5-7H,3-4H2,1-2H3,(H,13,17)(H,14,20)(H,18,19). The van der Waals surface area contributed by atoms with Crippen LogP contribution in [0.3, 0.4) is 0 Å². The van der Waals surface area contributed by atoms with Crippen LogP contribution in [0.15, 0.2) is 5.38 Å². The molecule has 1 saturated heterocycles. The fraction of sp³-hybridized carbons (Fsp3) is 0.500. The van der Waals surface area contributed by atoms with E-state index in [1.54, 1.807) is 13.8 Å². The minimum Gasteiger partial charge on any atom is -0.476 e. The van der Waals surface area contributed by atoms with Crippen LogP contribution in [-0.4, -0.2) is 52.0 Å². The number of carboxylic acids is 1. The van der Waals surface area contributed by atoms with Gasteiger partial charge in [0.2, 0.25) is 5.91 Å². The van der Waals surface area contributed by atoms with Gasteiger partial charge in [-0.05, 0) is 13.8 Å². The Kier molecular flexibility index (Phi) is 4.41. The fourth-order valence-electron chi connectivity index (χ4n) is 1.97. The number of thiazole rings is 1. The van der Waals surface area contributed by atoms with E-state index in [1.165, 1.54) is 21.6 Å². The first-order valence-corrected chi connectivity index (χ1v) is 7.31. The van der Waals surface area contributed by atoms with Crippen molar-refractivity contribution in [2.45, 2.75) is 25.9 Å². The van der Waals surface area contributed by atoms with E-state index in [-0.39, 0.29) is 17.6 Å². The summed E-state index contributed by atoms with van der Waals surface area (Å²) >= 11 is 1.17. The summed E-state index contributed by atoms with van der Waals surface area (Å²) < 4.78 is 0. The quantitative estimate of drug-likeness (QED) is 0.749. The first-order valence-electron chi connectivity index (χ1n) is 6.43. The Bertz CT molecular complexity index is 573. The number of hydrogen-bond acceptors (Lipinski definition) is 5. The van der Waals surface area contributed by atoms with Gasteiger partial charge in [0.15, 0.2) is 5.69 Å². The lowest BCUT2D eigenvalue weighted by Gasteiger charge is -2.33. The zero-order valence-electron chi connectivity index (χ0n) is 11.6. The van der Waals surface area contributed by atoms with E-state index in [2.05, 4.69) is 15.6 Å². The molecule has 1 fully saturated rings. The molecule has 1 aromatic rings. The maximum Gasteiger partial charge on any atom is 0.355 e. The van der Waals surface area contributed by atoms with Crippen LogP contribution in [0, 0.1) is 0 Å². The third-order valence-corrected chi connectivity index (χ3v) is 4.24. The molecule has 0 aromatic carbocycles. The Morgan fingerprint density at radius 2 is 2.33 bits per heavy atom. The first kappa shape index (κ1) is 15.2. The summed E-state index contributed by atoms with van der Waals surface area (Å²) in [6.07, 6.45) is 0. The molecule has 3 amide bonds. The molecule has 0 aliphatic carbocycles. The van der Waals surface area contributed by atoms with Crippen LogP contribution in [0.25, 0.3) is 0 Å². The van der Waals surface area contributed by atoms with Gasteiger partial charge in [-0.3, -0.25) is 4.79 Å². The molecule has 0 radical (unpaired) electrons. The predicted molar refractivity (Wildman–Crippen MR) is 75.2 cm³/mol. The van der Waals surface area contributed by atoms with Crippen molar-refractivity contribution in [2.75, 3.05) is 13.1 Å². The monoisotopic (exact) mass is 312 g/mol. The third-order valence-electron chi connectivity index (χ3n) is 3.21. The normalized spacial score (nSPS) is 19.8. The van der Waals surface area contributed by atoms with Crippen LogP contribution in [0.1, 0.15) is 35.4 Å². The van der Waals surface area contributed by atoms with Crippen molar-refractivity contribution in [3.8, 4) is 0 Å². The number of carbonyl (C=O) groups excluding carboxylic acids is 2. The second kappa shape index (κ2) is 6.08. The number of carboxylic acid groups (broad SMARTS) is 1. The van der Waals surface area contributed by atoms with E-state index in [4.69, 9.17) is 5.11 Å². The molecule has 0 bridgehead atoms. The van der Waals surface area contributed by atoms with Crippen LogP contribution >= 0.6 is 11.3 Å². The van der Waals surface area contributed by atoms with Gasteiger partial charge in [-0.1, -0.05) is 0 Å². The largest absolute Gasteiger partial charge is 0.476 e. The van der Waals surface area contributed by atoms with Gasteiger partial charge >= 0.3 is 12.0 Å². The van der Waals surface area contributed by atoms with Crippen LogP contribution in [0.5, 0.6) is 0 Å². The van der Waals surface area contributed by atoms with Gasteiger partial charge in [-0.25, -0.2) is 14.6 Å². The van der Waals surface area contributed by atoms with Crippen molar-refractivity contribution in [1.82, 2.24) is 20.5 Å². The lowest BCUT2D eigenvalue weighted by atomic mass is 10.2. The molecule has 2 heterocycles. The highest BCUT2D eigenvalue weighted by Gasteiger charge is 2.30. The maximum absolute atomic E-state index is 12.2. The molecule has 9 heteroatoms. The number of carbonyl (C=O) groups is 3. The maximum atomic E-state index is 12.2. The van der Waals surface area contributed by atoms with E-state index in [9.17, 15) is 14.4 Å². The highest BCUT2D eigenvalue weighted by atomic mass is 32.1. The van der Waals surface area contributed by atoms with E-state index in [1.807, 2.05) is 0 Å². The van der Waals surface area contributed by atoms with Crippen LogP contribution in [0.2, 0.25) is 0 Å². The Labute approximate surface area is 125 Å². The van der Waals surface area contributed by atoms with Gasteiger partial charge in [0.1, 0.15) is 11.0 Å². The third kappa shape index (κ3) is 3.30. The van der Waals surface area contributed by atoms with Crippen molar-refractivity contribution in [3.63, 3.8) is 0 Å². The highest BCUT2D eigenvalue weighted by molar-refractivity contribution is 7.09. The highest BCUT2D eigenvalue weighted by Crippen LogP contribution is 2.18. The minimum atomic E-state index is -1.10. The smallest absolute Gasteiger partial charge is 0.355 e. The fourth-order valence-corrected chi connectivity index (χ4v) is 2.77. The van der Waals surface area contributed by atoms with Crippen molar-refractivity contribution in [2.24, 2.45) is 0 Å². The average Bonchev–Trinajstić information content (AvgIpc) is 2.91.